The van der Waals surface area contributed by atoms with E-state index < -0.39 is 34.8 Å². The molecule has 1 rings (SSSR count). The van der Waals surface area contributed by atoms with Crippen LogP contribution in [-0.4, -0.2) is 112 Å². The van der Waals surface area contributed by atoms with Gasteiger partial charge in [0.25, 0.3) is 5.69 Å². The molecule has 12 heteroatoms. The molecule has 12 nitrogen and oxygen atoms in total. The maximum atomic E-state index is 10.7. The number of methoxy groups -OCH3 is 1. The molecular formula is C27H49NO11. The summed E-state index contributed by atoms with van der Waals surface area (Å²) in [6, 6.07) is 6.25. The van der Waals surface area contributed by atoms with E-state index in [0.29, 0.717) is 58.0 Å². The molecule has 0 saturated carbocycles. The Hall–Kier alpha value is -1.74. The minimum Gasteiger partial charge on any atom is -0.396 e. The Morgan fingerprint density at radius 3 is 1.74 bits per heavy atom. The molecule has 0 amide bonds. The van der Waals surface area contributed by atoms with Crippen molar-refractivity contribution in [2.24, 2.45) is 5.41 Å². The first-order valence-corrected chi connectivity index (χ1v) is 13.4. The van der Waals surface area contributed by atoms with Crippen LogP contribution in [0.2, 0.25) is 0 Å². The number of aliphatic hydroxyl groups is 7. The highest BCUT2D eigenvalue weighted by Gasteiger charge is 2.29. The number of non-ortho nitro benzene ring substituents is 1. The van der Waals surface area contributed by atoms with E-state index in [-0.39, 0.29) is 38.7 Å². The molecule has 39 heavy (non-hydrogen) atoms. The van der Waals surface area contributed by atoms with E-state index >= 15 is 0 Å². The number of nitrogens with zero attached hydrogens (tertiary/aromatic N) is 1. The summed E-state index contributed by atoms with van der Waals surface area (Å²) < 4.78 is 10.4. The number of hydrogen-bond donors (Lipinski definition) is 7. The number of benzene rings is 1. The van der Waals surface area contributed by atoms with Gasteiger partial charge in [-0.05, 0) is 56.9 Å². The Morgan fingerprint density at radius 2 is 1.33 bits per heavy atom. The molecule has 0 radical (unpaired) electrons. The van der Waals surface area contributed by atoms with Gasteiger partial charge in [-0.15, -0.1) is 0 Å². The first kappa shape index (κ1) is 37.3. The van der Waals surface area contributed by atoms with Crippen molar-refractivity contribution in [3.63, 3.8) is 0 Å². The molecule has 0 heterocycles. The van der Waals surface area contributed by atoms with Crippen LogP contribution in [0.15, 0.2) is 24.3 Å². The number of aliphatic hydroxyl groups excluding tert-OH is 7. The largest absolute Gasteiger partial charge is 0.396 e. The fourth-order valence-electron chi connectivity index (χ4n) is 3.79. The van der Waals surface area contributed by atoms with Crippen LogP contribution in [0.4, 0.5) is 5.69 Å². The van der Waals surface area contributed by atoms with E-state index in [1.165, 1.54) is 19.2 Å². The van der Waals surface area contributed by atoms with Crippen LogP contribution in [0.5, 0.6) is 0 Å². The van der Waals surface area contributed by atoms with Crippen molar-refractivity contribution in [3.05, 3.63) is 39.9 Å². The lowest BCUT2D eigenvalue weighted by Gasteiger charge is -2.31. The maximum Gasteiger partial charge on any atom is 0.269 e. The predicted octanol–water partition coefficient (Wildman–Crippen LogP) is 0.944. The van der Waals surface area contributed by atoms with Crippen molar-refractivity contribution in [2.45, 2.75) is 82.7 Å². The third kappa shape index (κ3) is 17.5. The summed E-state index contributed by atoms with van der Waals surface area (Å²) in [5, 5.41) is 75.2. The SMILES string of the molecule is CCC(CO)(COCC(O)CCCC(O)CO)Cc1ccc([N+](=O)[O-])cc1.COCC(O)CCCC(O)CO. The van der Waals surface area contributed by atoms with Crippen LogP contribution >= 0.6 is 0 Å². The van der Waals surface area contributed by atoms with Gasteiger partial charge < -0.3 is 45.2 Å². The Bertz CT molecular complexity index is 731. The van der Waals surface area contributed by atoms with Gasteiger partial charge in [0.05, 0.1) is 69.0 Å². The first-order valence-electron chi connectivity index (χ1n) is 13.4. The highest BCUT2D eigenvalue weighted by molar-refractivity contribution is 5.33. The second-order valence-electron chi connectivity index (χ2n) is 9.92. The third-order valence-corrected chi connectivity index (χ3v) is 6.46. The summed E-state index contributed by atoms with van der Waals surface area (Å²) in [6.07, 6.45) is 1.89. The van der Waals surface area contributed by atoms with E-state index in [1.807, 2.05) is 6.92 Å². The van der Waals surface area contributed by atoms with Crippen LogP contribution in [0, 0.1) is 15.5 Å². The minimum atomic E-state index is -0.762. The zero-order valence-electron chi connectivity index (χ0n) is 23.2. The van der Waals surface area contributed by atoms with Crippen LogP contribution in [0.1, 0.15) is 57.4 Å². The average Bonchev–Trinajstić information content (AvgIpc) is 2.93. The molecule has 0 aliphatic heterocycles. The predicted molar refractivity (Wildman–Crippen MR) is 145 cm³/mol. The van der Waals surface area contributed by atoms with Crippen LogP contribution in [-0.2, 0) is 15.9 Å². The van der Waals surface area contributed by atoms with Crippen LogP contribution in [0.25, 0.3) is 0 Å². The average molecular weight is 564 g/mol. The van der Waals surface area contributed by atoms with Crippen LogP contribution < -0.4 is 0 Å². The van der Waals surface area contributed by atoms with Crippen molar-refractivity contribution in [1.82, 2.24) is 0 Å². The molecule has 0 aliphatic rings. The Labute approximate surface area is 231 Å². The topological polar surface area (TPSA) is 203 Å². The smallest absolute Gasteiger partial charge is 0.269 e. The first-order chi connectivity index (χ1) is 18.6. The van der Waals surface area contributed by atoms with Crippen molar-refractivity contribution in [3.8, 4) is 0 Å². The molecule has 0 fully saturated rings. The van der Waals surface area contributed by atoms with E-state index in [4.69, 9.17) is 29.9 Å². The van der Waals surface area contributed by atoms with Crippen LogP contribution in [0.3, 0.4) is 0 Å². The lowest BCUT2D eigenvalue weighted by molar-refractivity contribution is -0.384. The standard InChI is InChI=1S/C19H31NO7.C8H18O4/c1-2-19(13-22,10-15-6-8-16(9-7-15)20(25)26)14-27-12-18(24)5-3-4-17(23)11-21;1-12-6-8(11)4-2-3-7(10)5-9/h6-9,17-18,21-24H,2-5,10-14H2,1H3;7-11H,2-6H2,1H3. The second-order valence-corrected chi connectivity index (χ2v) is 9.92. The number of nitro benzene ring substituents is 1. The summed E-state index contributed by atoms with van der Waals surface area (Å²) in [5.41, 5.74) is 0.373. The molecule has 228 valence electrons. The fourth-order valence-corrected chi connectivity index (χ4v) is 3.79. The van der Waals surface area contributed by atoms with E-state index in [2.05, 4.69) is 0 Å². The minimum absolute atomic E-state index is 0.0236. The Kier molecular flexibility index (Phi) is 21.0. The summed E-state index contributed by atoms with van der Waals surface area (Å²) in [6.45, 7) is 2.06. The molecule has 0 bridgehead atoms. The Morgan fingerprint density at radius 1 is 0.846 bits per heavy atom. The van der Waals surface area contributed by atoms with Gasteiger partial charge in [-0.2, -0.15) is 0 Å². The molecule has 0 aliphatic carbocycles. The molecule has 7 N–H and O–H groups in total. The quantitative estimate of drug-likeness (QED) is 0.0828. The highest BCUT2D eigenvalue weighted by Crippen LogP contribution is 2.28. The fraction of sp³-hybridized carbons (Fsp3) is 0.778. The van der Waals surface area contributed by atoms with E-state index in [1.54, 1.807) is 12.1 Å². The molecule has 1 aromatic rings. The summed E-state index contributed by atoms with van der Waals surface area (Å²) in [4.78, 5) is 10.3. The number of ether oxygens (including phenoxy) is 2. The number of hydrogen-bond acceptors (Lipinski definition) is 11. The molecular weight excluding hydrogens is 514 g/mol. The van der Waals surface area contributed by atoms with Gasteiger partial charge in [-0.1, -0.05) is 19.1 Å². The van der Waals surface area contributed by atoms with Gasteiger partial charge in [0.1, 0.15) is 0 Å². The molecule has 0 spiro atoms. The zero-order chi connectivity index (χ0) is 29.7. The number of nitro groups is 1. The molecule has 5 atom stereocenters. The van der Waals surface area contributed by atoms with Gasteiger partial charge in [-0.3, -0.25) is 10.1 Å². The van der Waals surface area contributed by atoms with Gasteiger partial charge in [0, 0.05) is 24.7 Å². The molecule has 1 aromatic carbocycles. The third-order valence-electron chi connectivity index (χ3n) is 6.46. The summed E-state index contributed by atoms with van der Waals surface area (Å²) in [5.74, 6) is 0. The maximum absolute atomic E-state index is 10.7. The van der Waals surface area contributed by atoms with Gasteiger partial charge in [-0.25, -0.2) is 0 Å². The van der Waals surface area contributed by atoms with Crippen molar-refractivity contribution in [2.75, 3.05) is 46.8 Å². The van der Waals surface area contributed by atoms with E-state index in [9.17, 15) is 25.4 Å². The van der Waals surface area contributed by atoms with Gasteiger partial charge in [0.15, 0.2) is 0 Å². The van der Waals surface area contributed by atoms with Crippen molar-refractivity contribution in [1.29, 1.82) is 0 Å². The second kappa shape index (κ2) is 22.0. The van der Waals surface area contributed by atoms with Crippen molar-refractivity contribution < 1.29 is 50.1 Å². The summed E-state index contributed by atoms with van der Waals surface area (Å²) in [7, 11) is 1.53. The normalized spacial score (nSPS) is 15.9. The Balaban J connectivity index is 0.00000101. The molecule has 0 saturated heterocycles. The summed E-state index contributed by atoms with van der Waals surface area (Å²) >= 11 is 0. The lowest BCUT2D eigenvalue weighted by atomic mass is 9.80. The van der Waals surface area contributed by atoms with Gasteiger partial charge in [0.2, 0.25) is 0 Å². The monoisotopic (exact) mass is 563 g/mol. The highest BCUT2D eigenvalue weighted by atomic mass is 16.6. The number of rotatable bonds is 21. The van der Waals surface area contributed by atoms with E-state index in [0.717, 1.165) is 5.56 Å². The molecule has 0 aromatic heterocycles. The van der Waals surface area contributed by atoms with Crippen molar-refractivity contribution >= 4 is 5.69 Å². The lowest BCUT2D eigenvalue weighted by Crippen LogP contribution is -2.34. The zero-order valence-corrected chi connectivity index (χ0v) is 23.2. The molecule has 5 unspecified atom stereocenters. The van der Waals surface area contributed by atoms with Gasteiger partial charge >= 0.3 is 0 Å².